The van der Waals surface area contributed by atoms with Crippen LogP contribution in [0, 0.1) is 25.2 Å². The maximum atomic E-state index is 12.5. The van der Waals surface area contributed by atoms with Gasteiger partial charge >= 0.3 is 0 Å². The molecule has 7 nitrogen and oxygen atoms in total. The number of sulfonamides is 1. The fourth-order valence-corrected chi connectivity index (χ4v) is 4.75. The predicted molar refractivity (Wildman–Crippen MR) is 117 cm³/mol. The van der Waals surface area contributed by atoms with E-state index >= 15 is 0 Å². The third-order valence-corrected chi connectivity index (χ3v) is 7.01. The van der Waals surface area contributed by atoms with Crippen LogP contribution in [0.2, 0.25) is 0 Å². The lowest BCUT2D eigenvalue weighted by atomic mass is 10.1. The maximum Gasteiger partial charge on any atom is 0.261 e. The first kappa shape index (κ1) is 21.4. The average molecular weight is 442 g/mol. The first-order valence-corrected chi connectivity index (χ1v) is 11.1. The van der Waals surface area contributed by atoms with Gasteiger partial charge in [-0.3, -0.25) is 9.52 Å². The van der Waals surface area contributed by atoms with Gasteiger partial charge in [0.05, 0.1) is 17.6 Å². The van der Waals surface area contributed by atoms with Crippen molar-refractivity contribution in [3.8, 4) is 11.8 Å². The van der Waals surface area contributed by atoms with E-state index in [1.54, 1.807) is 12.1 Å². The zero-order valence-electron chi connectivity index (χ0n) is 16.5. The standard InChI is InChI=1S/C21H19N3O4S2/c1-13-14(2)29-21(19(13)12-22)23-20(25)15-4-6-16(7-5-15)24-30(26,27)18-10-8-17(28-3)9-11-18/h4-11,24H,1-3H3,(H,23,25). The van der Waals surface area contributed by atoms with E-state index in [1.807, 2.05) is 13.8 Å². The van der Waals surface area contributed by atoms with Gasteiger partial charge in [0.2, 0.25) is 0 Å². The molecule has 0 fully saturated rings. The van der Waals surface area contributed by atoms with Crippen molar-refractivity contribution in [3.05, 3.63) is 70.1 Å². The monoisotopic (exact) mass is 441 g/mol. The highest BCUT2D eigenvalue weighted by molar-refractivity contribution is 7.92. The van der Waals surface area contributed by atoms with Gasteiger partial charge in [0.15, 0.2) is 0 Å². The molecule has 0 saturated heterocycles. The largest absolute Gasteiger partial charge is 0.497 e. The van der Waals surface area contributed by atoms with E-state index in [2.05, 4.69) is 16.1 Å². The van der Waals surface area contributed by atoms with Crippen LogP contribution in [0.5, 0.6) is 5.75 Å². The molecule has 0 bridgehead atoms. The van der Waals surface area contributed by atoms with Crippen LogP contribution in [-0.4, -0.2) is 21.4 Å². The van der Waals surface area contributed by atoms with Crippen LogP contribution in [0.15, 0.2) is 53.4 Å². The van der Waals surface area contributed by atoms with Crippen LogP contribution in [0.4, 0.5) is 10.7 Å². The Labute approximate surface area is 179 Å². The SMILES string of the molecule is COc1ccc(S(=O)(=O)Nc2ccc(C(=O)Nc3sc(C)c(C)c3C#N)cc2)cc1. The summed E-state index contributed by atoms with van der Waals surface area (Å²) in [4.78, 5) is 13.6. The first-order chi connectivity index (χ1) is 14.2. The Hall–Kier alpha value is -3.35. The highest BCUT2D eigenvalue weighted by Crippen LogP contribution is 2.32. The Kier molecular flexibility index (Phi) is 6.10. The number of carbonyl (C=O) groups excluding carboxylic acids is 1. The van der Waals surface area contributed by atoms with E-state index in [9.17, 15) is 18.5 Å². The molecule has 0 aliphatic carbocycles. The average Bonchev–Trinajstić information content (AvgIpc) is 3.00. The number of nitrogens with one attached hydrogen (secondary N) is 2. The minimum absolute atomic E-state index is 0.0950. The molecule has 0 atom stereocenters. The van der Waals surface area contributed by atoms with Gasteiger partial charge in [0.1, 0.15) is 16.8 Å². The number of rotatable bonds is 6. The third-order valence-electron chi connectivity index (χ3n) is 4.49. The summed E-state index contributed by atoms with van der Waals surface area (Å²) in [6.07, 6.45) is 0. The summed E-state index contributed by atoms with van der Waals surface area (Å²) in [5.74, 6) is 0.178. The van der Waals surface area contributed by atoms with Crippen molar-refractivity contribution in [2.45, 2.75) is 18.7 Å². The summed E-state index contributed by atoms with van der Waals surface area (Å²) >= 11 is 1.34. The van der Waals surface area contributed by atoms with Crippen LogP contribution in [0.25, 0.3) is 0 Å². The molecule has 0 spiro atoms. The van der Waals surface area contributed by atoms with Crippen molar-refractivity contribution >= 4 is 38.0 Å². The van der Waals surface area contributed by atoms with Gasteiger partial charge < -0.3 is 10.1 Å². The number of nitrogens with zero attached hydrogens (tertiary/aromatic N) is 1. The van der Waals surface area contributed by atoms with E-state index in [0.29, 0.717) is 27.6 Å². The van der Waals surface area contributed by atoms with Crippen molar-refractivity contribution in [1.82, 2.24) is 0 Å². The second kappa shape index (κ2) is 8.57. The number of amides is 1. The topological polar surface area (TPSA) is 108 Å². The molecule has 1 heterocycles. The molecule has 2 aromatic carbocycles. The Morgan fingerprint density at radius 3 is 2.27 bits per heavy atom. The number of benzene rings is 2. The number of methoxy groups -OCH3 is 1. The van der Waals surface area contributed by atoms with E-state index in [0.717, 1.165) is 10.4 Å². The smallest absolute Gasteiger partial charge is 0.261 e. The van der Waals surface area contributed by atoms with Crippen LogP contribution < -0.4 is 14.8 Å². The zero-order chi connectivity index (χ0) is 21.9. The fraction of sp³-hybridized carbons (Fsp3) is 0.143. The Bertz CT molecular complexity index is 1220. The van der Waals surface area contributed by atoms with Crippen molar-refractivity contribution in [1.29, 1.82) is 5.26 Å². The van der Waals surface area contributed by atoms with Gasteiger partial charge in [0.25, 0.3) is 15.9 Å². The summed E-state index contributed by atoms with van der Waals surface area (Å²) < 4.78 is 32.5. The first-order valence-electron chi connectivity index (χ1n) is 8.83. The van der Waals surface area contributed by atoms with Crippen LogP contribution in [0.3, 0.4) is 0 Å². The summed E-state index contributed by atoms with van der Waals surface area (Å²) in [6.45, 7) is 3.73. The number of nitriles is 1. The molecule has 0 unspecified atom stereocenters. The Balaban J connectivity index is 1.73. The fourth-order valence-electron chi connectivity index (χ4n) is 2.68. The molecule has 2 N–H and O–H groups in total. The molecule has 3 rings (SSSR count). The molecule has 3 aromatic rings. The van der Waals surface area contributed by atoms with Crippen molar-refractivity contribution in [2.75, 3.05) is 17.1 Å². The normalized spacial score (nSPS) is 10.9. The van der Waals surface area contributed by atoms with Gasteiger partial charge in [-0.25, -0.2) is 8.42 Å². The maximum absolute atomic E-state index is 12.5. The number of hydrogen-bond acceptors (Lipinski definition) is 6. The lowest BCUT2D eigenvalue weighted by molar-refractivity contribution is 0.102. The Morgan fingerprint density at radius 2 is 1.70 bits per heavy atom. The molecule has 154 valence electrons. The van der Waals surface area contributed by atoms with Crippen molar-refractivity contribution in [3.63, 3.8) is 0 Å². The van der Waals surface area contributed by atoms with Gasteiger partial charge in [-0.15, -0.1) is 11.3 Å². The molecule has 1 amide bonds. The number of aryl methyl sites for hydroxylation is 1. The second-order valence-corrected chi connectivity index (χ2v) is 9.32. The zero-order valence-corrected chi connectivity index (χ0v) is 18.1. The predicted octanol–water partition coefficient (Wildman–Crippen LogP) is 4.30. The molecular formula is C21H19N3O4S2. The molecule has 9 heteroatoms. The number of carbonyl (C=O) groups is 1. The number of thiophene rings is 1. The van der Waals surface area contributed by atoms with Gasteiger partial charge in [-0.05, 0) is 67.9 Å². The molecule has 0 saturated carbocycles. The van der Waals surface area contributed by atoms with Gasteiger partial charge in [0, 0.05) is 16.1 Å². The van der Waals surface area contributed by atoms with Gasteiger partial charge in [-0.1, -0.05) is 0 Å². The molecule has 1 aromatic heterocycles. The summed E-state index contributed by atoms with van der Waals surface area (Å²) in [5, 5.41) is 12.5. The molecular weight excluding hydrogens is 422 g/mol. The van der Waals surface area contributed by atoms with Crippen LogP contribution in [0.1, 0.15) is 26.4 Å². The number of ether oxygens (including phenoxy) is 1. The van der Waals surface area contributed by atoms with E-state index in [1.165, 1.54) is 54.8 Å². The van der Waals surface area contributed by atoms with E-state index in [-0.39, 0.29) is 10.8 Å². The summed E-state index contributed by atoms with van der Waals surface area (Å²) in [6, 6.07) is 14.2. The summed E-state index contributed by atoms with van der Waals surface area (Å²) in [7, 11) is -2.27. The quantitative estimate of drug-likeness (QED) is 0.593. The minimum atomic E-state index is -3.77. The van der Waals surface area contributed by atoms with Crippen LogP contribution in [-0.2, 0) is 10.0 Å². The number of anilines is 2. The summed E-state index contributed by atoms with van der Waals surface area (Å²) in [5.41, 5.74) is 1.97. The number of hydrogen-bond donors (Lipinski definition) is 2. The molecule has 0 radical (unpaired) electrons. The van der Waals surface area contributed by atoms with Crippen LogP contribution >= 0.6 is 11.3 Å². The van der Waals surface area contributed by atoms with E-state index in [4.69, 9.17) is 4.74 Å². The highest BCUT2D eigenvalue weighted by Gasteiger charge is 2.17. The minimum Gasteiger partial charge on any atom is -0.497 e. The lowest BCUT2D eigenvalue weighted by Gasteiger charge is -2.09. The lowest BCUT2D eigenvalue weighted by Crippen LogP contribution is -2.14. The van der Waals surface area contributed by atoms with Crippen molar-refractivity contribution in [2.24, 2.45) is 0 Å². The highest BCUT2D eigenvalue weighted by atomic mass is 32.2. The van der Waals surface area contributed by atoms with E-state index < -0.39 is 10.0 Å². The van der Waals surface area contributed by atoms with Crippen molar-refractivity contribution < 1.29 is 17.9 Å². The molecule has 0 aliphatic rings. The third kappa shape index (κ3) is 4.45. The van der Waals surface area contributed by atoms with Gasteiger partial charge in [-0.2, -0.15) is 5.26 Å². The second-order valence-electron chi connectivity index (χ2n) is 6.41. The Morgan fingerprint density at radius 1 is 1.07 bits per heavy atom. The molecule has 0 aliphatic heterocycles. The molecule has 30 heavy (non-hydrogen) atoms.